The molecule has 0 amide bonds. The fourth-order valence-electron chi connectivity index (χ4n) is 2.68. The Hall–Kier alpha value is -1.97. The second kappa shape index (κ2) is 4.54. The van der Waals surface area contributed by atoms with Gasteiger partial charge in [-0.1, -0.05) is 20.8 Å². The van der Waals surface area contributed by atoms with Gasteiger partial charge in [-0.05, 0) is 30.0 Å². The van der Waals surface area contributed by atoms with Crippen LogP contribution in [0.25, 0.3) is 11.0 Å². The minimum absolute atomic E-state index is 0.178. The molecule has 4 heteroatoms. The average molecular weight is 274 g/mol. The highest BCUT2D eigenvalue weighted by atomic mass is 16.6. The van der Waals surface area contributed by atoms with Crippen molar-refractivity contribution in [2.45, 2.75) is 33.3 Å². The first-order valence-electron chi connectivity index (χ1n) is 6.91. The Morgan fingerprint density at radius 2 is 2.10 bits per heavy atom. The monoisotopic (exact) mass is 274 g/mol. The topological polar surface area (TPSA) is 48.7 Å². The van der Waals surface area contributed by atoms with Crippen molar-refractivity contribution in [1.29, 1.82) is 0 Å². The van der Waals surface area contributed by atoms with Gasteiger partial charge in [0.2, 0.25) is 0 Å². The molecule has 3 rings (SSSR count). The summed E-state index contributed by atoms with van der Waals surface area (Å²) in [6.07, 6.45) is 0.564. The van der Waals surface area contributed by atoms with Gasteiger partial charge in [0.05, 0.1) is 7.11 Å². The van der Waals surface area contributed by atoms with Gasteiger partial charge in [-0.25, -0.2) is 4.79 Å². The lowest BCUT2D eigenvalue weighted by Gasteiger charge is -2.12. The lowest BCUT2D eigenvalue weighted by Crippen LogP contribution is -2.06. The summed E-state index contributed by atoms with van der Waals surface area (Å²) in [5, 5.41) is 0.796. The molecule has 1 aliphatic heterocycles. The Morgan fingerprint density at radius 3 is 2.70 bits per heavy atom. The summed E-state index contributed by atoms with van der Waals surface area (Å²) in [6, 6.07) is 3.95. The van der Waals surface area contributed by atoms with E-state index in [2.05, 4.69) is 6.92 Å². The van der Waals surface area contributed by atoms with E-state index in [1.165, 1.54) is 0 Å². The number of fused-ring (bicyclic) bond motifs is 3. The highest BCUT2D eigenvalue weighted by Crippen LogP contribution is 2.44. The van der Waals surface area contributed by atoms with Gasteiger partial charge in [-0.2, -0.15) is 0 Å². The summed E-state index contributed by atoms with van der Waals surface area (Å²) in [7, 11) is 1.61. The number of methoxy groups -OCH3 is 1. The zero-order valence-electron chi connectivity index (χ0n) is 12.1. The highest BCUT2D eigenvalue weighted by Gasteiger charge is 2.39. The third kappa shape index (κ3) is 1.71. The standard InChI is InChI=1S/C16H18O4/c1-5-9-6-10-12-15(13(8(2)3)20-16(12)17)19-14(10)11(7-9)18-4/h6-8,13H,5H2,1-4H3. The molecule has 0 spiro atoms. The Kier molecular flexibility index (Phi) is 2.96. The number of esters is 1. The maximum absolute atomic E-state index is 12.1. The molecule has 1 aromatic carbocycles. The molecule has 1 unspecified atom stereocenters. The summed E-state index contributed by atoms with van der Waals surface area (Å²) < 4.78 is 16.7. The number of carbonyl (C=O) groups is 1. The molecular formula is C16H18O4. The number of hydrogen-bond donors (Lipinski definition) is 0. The van der Waals surface area contributed by atoms with E-state index < -0.39 is 0 Å². The molecule has 0 radical (unpaired) electrons. The minimum atomic E-state index is -0.306. The van der Waals surface area contributed by atoms with Crippen LogP contribution < -0.4 is 4.74 Å². The van der Waals surface area contributed by atoms with Gasteiger partial charge in [-0.3, -0.25) is 0 Å². The summed E-state index contributed by atoms with van der Waals surface area (Å²) in [5.74, 6) is 1.18. The van der Waals surface area contributed by atoms with Gasteiger partial charge in [0, 0.05) is 5.39 Å². The Bertz CT molecular complexity index is 681. The molecule has 0 fully saturated rings. The Labute approximate surface area is 117 Å². The predicted octanol–water partition coefficient (Wildman–Crippen LogP) is 3.87. The van der Waals surface area contributed by atoms with Gasteiger partial charge in [0.25, 0.3) is 0 Å². The van der Waals surface area contributed by atoms with Crippen molar-refractivity contribution in [3.63, 3.8) is 0 Å². The summed E-state index contributed by atoms with van der Waals surface area (Å²) in [4.78, 5) is 12.1. The quantitative estimate of drug-likeness (QED) is 0.797. The number of furan rings is 1. The fourth-order valence-corrected chi connectivity index (χ4v) is 2.68. The molecule has 0 saturated carbocycles. The first-order chi connectivity index (χ1) is 9.56. The molecule has 106 valence electrons. The van der Waals surface area contributed by atoms with Crippen molar-refractivity contribution in [3.05, 3.63) is 29.0 Å². The van der Waals surface area contributed by atoms with Crippen LogP contribution in [0.4, 0.5) is 0 Å². The van der Waals surface area contributed by atoms with Crippen LogP contribution >= 0.6 is 0 Å². The first-order valence-corrected chi connectivity index (χ1v) is 6.91. The average Bonchev–Trinajstić information content (AvgIpc) is 2.95. The predicted molar refractivity (Wildman–Crippen MR) is 75.1 cm³/mol. The molecule has 1 aliphatic rings. The molecule has 0 N–H and O–H groups in total. The number of rotatable bonds is 3. The van der Waals surface area contributed by atoms with E-state index in [0.29, 0.717) is 22.7 Å². The van der Waals surface area contributed by atoms with E-state index in [4.69, 9.17) is 13.9 Å². The molecule has 0 aliphatic carbocycles. The first kappa shape index (κ1) is 13.0. The zero-order valence-corrected chi connectivity index (χ0v) is 12.1. The van der Waals surface area contributed by atoms with Crippen molar-refractivity contribution in [2.24, 2.45) is 5.92 Å². The van der Waals surface area contributed by atoms with Crippen molar-refractivity contribution >= 4 is 16.9 Å². The van der Waals surface area contributed by atoms with Gasteiger partial charge < -0.3 is 13.9 Å². The maximum atomic E-state index is 12.1. The van der Waals surface area contributed by atoms with E-state index in [1.54, 1.807) is 7.11 Å². The number of aryl methyl sites for hydroxylation is 1. The van der Waals surface area contributed by atoms with Crippen molar-refractivity contribution in [1.82, 2.24) is 0 Å². The van der Waals surface area contributed by atoms with Crippen molar-refractivity contribution in [3.8, 4) is 5.75 Å². The third-order valence-electron chi connectivity index (χ3n) is 3.77. The van der Waals surface area contributed by atoms with Crippen LogP contribution in [0.3, 0.4) is 0 Å². The molecule has 0 saturated heterocycles. The molecule has 2 aromatic rings. The van der Waals surface area contributed by atoms with E-state index in [1.807, 2.05) is 26.0 Å². The Balaban J connectivity index is 2.30. The normalized spacial score (nSPS) is 17.6. The highest BCUT2D eigenvalue weighted by molar-refractivity contribution is 6.08. The number of hydrogen-bond acceptors (Lipinski definition) is 4. The Morgan fingerprint density at radius 1 is 1.35 bits per heavy atom. The molecule has 4 nitrogen and oxygen atoms in total. The molecule has 0 bridgehead atoms. The molecule has 20 heavy (non-hydrogen) atoms. The second-order valence-electron chi connectivity index (χ2n) is 5.44. The number of benzene rings is 1. The smallest absolute Gasteiger partial charge is 0.343 e. The number of carbonyl (C=O) groups excluding carboxylic acids is 1. The lowest BCUT2D eigenvalue weighted by atomic mass is 10.0. The van der Waals surface area contributed by atoms with Crippen molar-refractivity contribution < 1.29 is 18.7 Å². The van der Waals surface area contributed by atoms with Crippen LogP contribution in [-0.2, 0) is 11.2 Å². The molecule has 1 aromatic heterocycles. The van der Waals surface area contributed by atoms with Crippen LogP contribution in [0, 0.1) is 5.92 Å². The van der Waals surface area contributed by atoms with Gasteiger partial charge in [0.15, 0.2) is 23.2 Å². The van der Waals surface area contributed by atoms with Crippen molar-refractivity contribution in [2.75, 3.05) is 7.11 Å². The molecule has 1 atom stereocenters. The SMILES string of the molecule is CCc1cc(OC)c2oc3c(c2c1)C(=O)OC3C(C)C. The van der Waals surface area contributed by atoms with Crippen LogP contribution in [0.1, 0.15) is 48.6 Å². The van der Waals surface area contributed by atoms with E-state index in [9.17, 15) is 4.79 Å². The van der Waals surface area contributed by atoms with Crippen LogP contribution in [0.5, 0.6) is 5.75 Å². The van der Waals surface area contributed by atoms with E-state index >= 15 is 0 Å². The third-order valence-corrected chi connectivity index (χ3v) is 3.77. The summed E-state index contributed by atoms with van der Waals surface area (Å²) in [5.41, 5.74) is 2.31. The minimum Gasteiger partial charge on any atom is -0.493 e. The van der Waals surface area contributed by atoms with E-state index in [-0.39, 0.29) is 18.0 Å². The van der Waals surface area contributed by atoms with E-state index in [0.717, 1.165) is 17.4 Å². The van der Waals surface area contributed by atoms with Crippen LogP contribution in [-0.4, -0.2) is 13.1 Å². The number of ether oxygens (including phenoxy) is 2. The summed E-state index contributed by atoms with van der Waals surface area (Å²) >= 11 is 0. The second-order valence-corrected chi connectivity index (χ2v) is 5.44. The molecule has 2 heterocycles. The molecular weight excluding hydrogens is 256 g/mol. The zero-order chi connectivity index (χ0) is 14.4. The van der Waals surface area contributed by atoms with Crippen LogP contribution in [0.2, 0.25) is 0 Å². The lowest BCUT2D eigenvalue weighted by molar-refractivity contribution is 0.0238. The van der Waals surface area contributed by atoms with Gasteiger partial charge in [-0.15, -0.1) is 0 Å². The van der Waals surface area contributed by atoms with Crippen LogP contribution in [0.15, 0.2) is 16.5 Å². The summed E-state index contributed by atoms with van der Waals surface area (Å²) in [6.45, 7) is 6.08. The van der Waals surface area contributed by atoms with Gasteiger partial charge in [0.1, 0.15) is 5.56 Å². The fraction of sp³-hybridized carbons (Fsp3) is 0.438. The maximum Gasteiger partial charge on any atom is 0.343 e. The largest absolute Gasteiger partial charge is 0.493 e. The van der Waals surface area contributed by atoms with Gasteiger partial charge >= 0.3 is 5.97 Å². The number of cyclic esters (lactones) is 1.